The first-order valence-electron chi connectivity index (χ1n) is 17.4. The molecular weight excluding hydrogens is 598 g/mol. The number of methoxy groups -OCH3 is 2. The summed E-state index contributed by atoms with van der Waals surface area (Å²) in [6.07, 6.45) is 12.9. The lowest BCUT2D eigenvalue weighted by Crippen LogP contribution is -2.50. The standard InChI is InChI=1S/C41H55N3O4/c1-8-10-24-42(25-11-9-2)36-20-14-32(15-21-36)12-18-34-30-39(47-7)35(31-38(34)46-6)19-13-33-16-22-37(23-17-33)43-26-28-44(29-27-43)40(45)48-41(3,4)5/h12-23,30-31H,8-11,24-29H2,1-7H3. The summed E-state index contributed by atoms with van der Waals surface area (Å²) < 4.78 is 17.1. The van der Waals surface area contributed by atoms with Gasteiger partial charge in [-0.05, 0) is 81.1 Å². The van der Waals surface area contributed by atoms with Crippen molar-refractivity contribution in [1.29, 1.82) is 0 Å². The van der Waals surface area contributed by atoms with Crippen LogP contribution in [0.4, 0.5) is 16.2 Å². The van der Waals surface area contributed by atoms with Gasteiger partial charge in [0.2, 0.25) is 0 Å². The Bertz CT molecular complexity index is 1490. The highest BCUT2D eigenvalue weighted by molar-refractivity contribution is 5.79. The summed E-state index contributed by atoms with van der Waals surface area (Å²) in [6, 6.07) is 21.4. The second-order valence-corrected chi connectivity index (χ2v) is 13.3. The number of carbonyl (C=O) groups excluding carboxylic acids is 1. The third kappa shape index (κ3) is 10.6. The molecule has 1 aliphatic rings. The Morgan fingerprint density at radius 3 is 1.65 bits per heavy atom. The molecule has 1 heterocycles. The lowest BCUT2D eigenvalue weighted by atomic mass is 10.0. The van der Waals surface area contributed by atoms with Gasteiger partial charge >= 0.3 is 6.09 Å². The van der Waals surface area contributed by atoms with Crippen LogP contribution in [0.1, 0.15) is 82.6 Å². The van der Waals surface area contributed by atoms with E-state index in [1.54, 1.807) is 19.1 Å². The topological polar surface area (TPSA) is 54.5 Å². The van der Waals surface area contributed by atoms with E-state index in [1.165, 1.54) is 31.4 Å². The lowest BCUT2D eigenvalue weighted by Gasteiger charge is -2.36. The van der Waals surface area contributed by atoms with Crippen LogP contribution < -0.4 is 19.3 Å². The molecule has 48 heavy (non-hydrogen) atoms. The molecule has 3 aromatic carbocycles. The van der Waals surface area contributed by atoms with E-state index in [9.17, 15) is 4.79 Å². The fourth-order valence-corrected chi connectivity index (χ4v) is 5.71. The maximum absolute atomic E-state index is 12.4. The van der Waals surface area contributed by atoms with Crippen LogP contribution in [0.25, 0.3) is 24.3 Å². The highest BCUT2D eigenvalue weighted by Crippen LogP contribution is 2.32. The van der Waals surface area contributed by atoms with Crippen molar-refractivity contribution < 1.29 is 19.0 Å². The molecule has 1 amide bonds. The quantitative estimate of drug-likeness (QED) is 0.162. The van der Waals surface area contributed by atoms with Crippen molar-refractivity contribution in [3.8, 4) is 11.5 Å². The second-order valence-electron chi connectivity index (χ2n) is 13.3. The molecule has 3 aromatic rings. The first-order valence-corrected chi connectivity index (χ1v) is 17.4. The van der Waals surface area contributed by atoms with Gasteiger partial charge in [-0.1, -0.05) is 75.3 Å². The van der Waals surface area contributed by atoms with Crippen LogP contribution >= 0.6 is 0 Å². The number of hydrogen-bond acceptors (Lipinski definition) is 6. The summed E-state index contributed by atoms with van der Waals surface area (Å²) in [4.78, 5) is 19.0. The summed E-state index contributed by atoms with van der Waals surface area (Å²) in [5.41, 5.74) is 6.08. The Hall–Kier alpha value is -4.39. The van der Waals surface area contributed by atoms with Crippen molar-refractivity contribution in [3.63, 3.8) is 0 Å². The number of hydrogen-bond donors (Lipinski definition) is 0. The van der Waals surface area contributed by atoms with Gasteiger partial charge in [0, 0.05) is 61.8 Å². The Labute approximate surface area is 288 Å². The minimum atomic E-state index is -0.483. The van der Waals surface area contributed by atoms with Gasteiger partial charge < -0.3 is 28.9 Å². The molecule has 0 unspecified atom stereocenters. The van der Waals surface area contributed by atoms with Crippen LogP contribution in [0.5, 0.6) is 11.5 Å². The average Bonchev–Trinajstić information content (AvgIpc) is 3.09. The maximum Gasteiger partial charge on any atom is 0.410 e. The largest absolute Gasteiger partial charge is 0.496 e. The predicted octanol–water partition coefficient (Wildman–Crippen LogP) is 9.51. The zero-order chi connectivity index (χ0) is 34.5. The summed E-state index contributed by atoms with van der Waals surface area (Å²) in [7, 11) is 3.40. The Morgan fingerprint density at radius 1 is 0.729 bits per heavy atom. The molecule has 7 heteroatoms. The van der Waals surface area contributed by atoms with Gasteiger partial charge in [-0.3, -0.25) is 0 Å². The Kier molecular flexibility index (Phi) is 13.4. The van der Waals surface area contributed by atoms with Crippen LogP contribution in [-0.4, -0.2) is 70.1 Å². The van der Waals surface area contributed by atoms with Crippen molar-refractivity contribution in [1.82, 2.24) is 4.90 Å². The molecule has 0 spiro atoms. The first kappa shape index (κ1) is 36.4. The lowest BCUT2D eigenvalue weighted by molar-refractivity contribution is 0.0240. The maximum atomic E-state index is 12.4. The van der Waals surface area contributed by atoms with E-state index in [2.05, 4.69) is 96.5 Å². The molecule has 1 aliphatic heterocycles. The van der Waals surface area contributed by atoms with E-state index in [0.717, 1.165) is 65.6 Å². The molecule has 0 radical (unpaired) electrons. The average molecular weight is 654 g/mol. The SMILES string of the molecule is CCCCN(CCCC)c1ccc(C=Cc2cc(OC)c(C=Cc3ccc(N4CCN(C(=O)OC(C)(C)C)CC4)cc3)cc2OC)cc1. The molecule has 4 rings (SSSR count). The Balaban J connectivity index is 1.40. The van der Waals surface area contributed by atoms with Crippen molar-refractivity contribution in [3.05, 3.63) is 82.9 Å². The predicted molar refractivity (Wildman–Crippen MR) is 202 cm³/mol. The van der Waals surface area contributed by atoms with Gasteiger partial charge in [0.15, 0.2) is 0 Å². The fraction of sp³-hybridized carbons (Fsp3) is 0.439. The van der Waals surface area contributed by atoms with Crippen LogP contribution in [-0.2, 0) is 4.74 Å². The van der Waals surface area contributed by atoms with E-state index in [0.29, 0.717) is 13.1 Å². The highest BCUT2D eigenvalue weighted by atomic mass is 16.6. The minimum absolute atomic E-state index is 0.240. The molecule has 0 N–H and O–H groups in total. The molecule has 7 nitrogen and oxygen atoms in total. The molecule has 1 fully saturated rings. The summed E-state index contributed by atoms with van der Waals surface area (Å²) >= 11 is 0. The number of rotatable bonds is 14. The molecule has 258 valence electrons. The molecular formula is C41H55N3O4. The van der Waals surface area contributed by atoms with Crippen LogP contribution in [0.15, 0.2) is 60.7 Å². The smallest absolute Gasteiger partial charge is 0.410 e. The molecule has 0 bridgehead atoms. The van der Waals surface area contributed by atoms with Crippen molar-refractivity contribution in [2.75, 3.05) is 63.3 Å². The van der Waals surface area contributed by atoms with E-state index in [-0.39, 0.29) is 6.09 Å². The Morgan fingerprint density at radius 2 is 1.21 bits per heavy atom. The van der Waals surface area contributed by atoms with Gasteiger partial charge in [-0.25, -0.2) is 4.79 Å². The first-order chi connectivity index (χ1) is 23.1. The number of benzene rings is 3. The third-order valence-corrected chi connectivity index (χ3v) is 8.50. The van der Waals surface area contributed by atoms with E-state index in [1.807, 2.05) is 32.9 Å². The minimum Gasteiger partial charge on any atom is -0.496 e. The molecule has 1 saturated heterocycles. The van der Waals surface area contributed by atoms with Gasteiger partial charge in [-0.2, -0.15) is 0 Å². The van der Waals surface area contributed by atoms with E-state index in [4.69, 9.17) is 14.2 Å². The molecule has 0 atom stereocenters. The number of piperazine rings is 1. The highest BCUT2D eigenvalue weighted by Gasteiger charge is 2.26. The number of nitrogens with zero attached hydrogens (tertiary/aromatic N) is 3. The van der Waals surface area contributed by atoms with Crippen LogP contribution in [0, 0.1) is 0 Å². The number of anilines is 2. The van der Waals surface area contributed by atoms with Crippen molar-refractivity contribution in [2.24, 2.45) is 0 Å². The summed E-state index contributed by atoms with van der Waals surface area (Å²) in [5, 5.41) is 0. The number of unbranched alkanes of at least 4 members (excludes halogenated alkanes) is 2. The number of ether oxygens (including phenoxy) is 3. The van der Waals surface area contributed by atoms with Crippen LogP contribution in [0.3, 0.4) is 0 Å². The number of amides is 1. The van der Waals surface area contributed by atoms with Crippen LogP contribution in [0.2, 0.25) is 0 Å². The van der Waals surface area contributed by atoms with E-state index >= 15 is 0 Å². The number of carbonyl (C=O) groups is 1. The molecule has 0 saturated carbocycles. The third-order valence-electron chi connectivity index (χ3n) is 8.50. The van der Waals surface area contributed by atoms with Crippen molar-refractivity contribution >= 4 is 41.8 Å². The zero-order valence-electron chi connectivity index (χ0n) is 30.1. The molecule has 0 aromatic heterocycles. The van der Waals surface area contributed by atoms with E-state index < -0.39 is 5.60 Å². The van der Waals surface area contributed by atoms with Gasteiger partial charge in [0.05, 0.1) is 14.2 Å². The normalized spacial score (nSPS) is 13.7. The summed E-state index contributed by atoms with van der Waals surface area (Å²) in [6.45, 7) is 15.2. The molecule has 0 aliphatic carbocycles. The summed E-state index contributed by atoms with van der Waals surface area (Å²) in [5.74, 6) is 1.57. The monoisotopic (exact) mass is 653 g/mol. The zero-order valence-corrected chi connectivity index (χ0v) is 30.1. The van der Waals surface area contributed by atoms with Gasteiger partial charge in [0.1, 0.15) is 17.1 Å². The second kappa shape index (κ2) is 17.7. The van der Waals surface area contributed by atoms with Crippen molar-refractivity contribution in [2.45, 2.75) is 65.9 Å². The fourth-order valence-electron chi connectivity index (χ4n) is 5.71. The van der Waals surface area contributed by atoms with Gasteiger partial charge in [-0.15, -0.1) is 0 Å². The van der Waals surface area contributed by atoms with Gasteiger partial charge in [0.25, 0.3) is 0 Å².